The molecule has 1 amide bonds. The molecular weight excluding hydrogens is 314 g/mol. The van der Waals surface area contributed by atoms with E-state index in [9.17, 15) is 9.90 Å². The minimum atomic E-state index is -0.406. The molecule has 2 rings (SSSR count). The third kappa shape index (κ3) is 4.90. The molecule has 0 aliphatic heterocycles. The SMILES string of the molecule is CC1CC(C)(C)CC(CO)(NCC(=O)Nc2cccnc2Cl)C1. The lowest BCUT2D eigenvalue weighted by Crippen LogP contribution is -2.56. The van der Waals surface area contributed by atoms with Gasteiger partial charge >= 0.3 is 0 Å². The molecule has 1 aliphatic carbocycles. The molecule has 1 aromatic rings. The Morgan fingerprint density at radius 3 is 2.83 bits per heavy atom. The van der Waals surface area contributed by atoms with Crippen molar-refractivity contribution in [2.75, 3.05) is 18.5 Å². The van der Waals surface area contributed by atoms with E-state index in [2.05, 4.69) is 36.4 Å². The maximum Gasteiger partial charge on any atom is 0.238 e. The quantitative estimate of drug-likeness (QED) is 0.721. The highest BCUT2D eigenvalue weighted by Crippen LogP contribution is 2.43. The van der Waals surface area contributed by atoms with Gasteiger partial charge in [-0.15, -0.1) is 0 Å². The van der Waals surface area contributed by atoms with Crippen molar-refractivity contribution < 1.29 is 9.90 Å². The molecule has 0 spiro atoms. The second kappa shape index (κ2) is 7.16. The van der Waals surface area contributed by atoms with Gasteiger partial charge in [0, 0.05) is 11.7 Å². The Bertz CT molecular complexity index is 565. The summed E-state index contributed by atoms with van der Waals surface area (Å²) in [5.74, 6) is 0.318. The van der Waals surface area contributed by atoms with Crippen LogP contribution in [-0.4, -0.2) is 34.7 Å². The van der Waals surface area contributed by atoms with Crippen molar-refractivity contribution in [1.82, 2.24) is 10.3 Å². The highest BCUT2D eigenvalue weighted by Gasteiger charge is 2.42. The Morgan fingerprint density at radius 2 is 2.22 bits per heavy atom. The predicted octanol–water partition coefficient (Wildman–Crippen LogP) is 2.84. The predicted molar refractivity (Wildman–Crippen MR) is 92.5 cm³/mol. The smallest absolute Gasteiger partial charge is 0.238 e. The summed E-state index contributed by atoms with van der Waals surface area (Å²) in [6.45, 7) is 6.78. The number of hydrogen-bond acceptors (Lipinski definition) is 4. The Hall–Kier alpha value is -1.17. The van der Waals surface area contributed by atoms with Crippen LogP contribution in [0.5, 0.6) is 0 Å². The van der Waals surface area contributed by atoms with E-state index in [0.717, 1.165) is 19.3 Å². The lowest BCUT2D eigenvalue weighted by atomic mass is 9.64. The number of hydrogen-bond donors (Lipinski definition) is 3. The maximum absolute atomic E-state index is 12.2. The molecule has 6 heteroatoms. The molecule has 1 aromatic heterocycles. The van der Waals surface area contributed by atoms with Crippen LogP contribution in [0.2, 0.25) is 5.15 Å². The number of carbonyl (C=O) groups excluding carboxylic acids is 1. The molecule has 5 nitrogen and oxygen atoms in total. The van der Waals surface area contributed by atoms with Crippen molar-refractivity contribution in [3.8, 4) is 0 Å². The summed E-state index contributed by atoms with van der Waals surface area (Å²) in [5.41, 5.74) is 0.240. The first-order valence-corrected chi connectivity index (χ1v) is 8.39. The van der Waals surface area contributed by atoms with Crippen molar-refractivity contribution in [3.63, 3.8) is 0 Å². The minimum absolute atomic E-state index is 0.0295. The van der Waals surface area contributed by atoms with E-state index in [1.807, 2.05) is 0 Å². The van der Waals surface area contributed by atoms with Crippen molar-refractivity contribution in [3.05, 3.63) is 23.5 Å². The number of carbonyl (C=O) groups is 1. The summed E-state index contributed by atoms with van der Waals surface area (Å²) in [4.78, 5) is 16.1. The van der Waals surface area contributed by atoms with E-state index in [0.29, 0.717) is 11.6 Å². The summed E-state index contributed by atoms with van der Waals surface area (Å²) < 4.78 is 0. The number of pyridine rings is 1. The van der Waals surface area contributed by atoms with Gasteiger partial charge in [-0.1, -0.05) is 32.4 Å². The van der Waals surface area contributed by atoms with Gasteiger partial charge in [-0.25, -0.2) is 4.98 Å². The molecule has 0 aromatic carbocycles. The number of nitrogens with one attached hydrogen (secondary N) is 2. The monoisotopic (exact) mass is 339 g/mol. The fourth-order valence-electron chi connectivity index (χ4n) is 4.00. The summed E-state index contributed by atoms with van der Waals surface area (Å²) in [5, 5.41) is 16.2. The third-order valence-corrected chi connectivity index (χ3v) is 4.72. The molecule has 1 saturated carbocycles. The second-order valence-corrected chi connectivity index (χ2v) is 7.89. The average molecular weight is 340 g/mol. The average Bonchev–Trinajstić information content (AvgIpc) is 2.45. The normalized spacial score (nSPS) is 26.7. The molecule has 23 heavy (non-hydrogen) atoms. The van der Waals surface area contributed by atoms with Crippen LogP contribution in [0.1, 0.15) is 40.0 Å². The van der Waals surface area contributed by atoms with Gasteiger partial charge in [0.1, 0.15) is 0 Å². The number of anilines is 1. The van der Waals surface area contributed by atoms with E-state index in [4.69, 9.17) is 11.6 Å². The van der Waals surface area contributed by atoms with E-state index in [1.54, 1.807) is 18.3 Å². The van der Waals surface area contributed by atoms with Crippen LogP contribution in [0.15, 0.2) is 18.3 Å². The zero-order valence-electron chi connectivity index (χ0n) is 14.0. The summed E-state index contributed by atoms with van der Waals surface area (Å²) in [6, 6.07) is 3.43. The Labute approximate surface area is 142 Å². The van der Waals surface area contributed by atoms with Gasteiger partial charge in [-0.2, -0.15) is 0 Å². The number of aliphatic hydroxyl groups excluding tert-OH is 1. The number of aliphatic hydroxyl groups is 1. The highest BCUT2D eigenvalue weighted by molar-refractivity contribution is 6.32. The zero-order valence-corrected chi connectivity index (χ0v) is 14.8. The van der Waals surface area contributed by atoms with Crippen LogP contribution < -0.4 is 10.6 Å². The van der Waals surface area contributed by atoms with Crippen LogP contribution in [-0.2, 0) is 4.79 Å². The molecule has 1 heterocycles. The van der Waals surface area contributed by atoms with E-state index in [-0.39, 0.29) is 29.6 Å². The van der Waals surface area contributed by atoms with Crippen molar-refractivity contribution in [2.45, 2.75) is 45.6 Å². The van der Waals surface area contributed by atoms with E-state index >= 15 is 0 Å². The Balaban J connectivity index is 1.97. The van der Waals surface area contributed by atoms with E-state index in [1.165, 1.54) is 0 Å². The molecular formula is C17H26ClN3O2. The molecule has 0 saturated heterocycles. The topological polar surface area (TPSA) is 74.2 Å². The Kier molecular flexibility index (Phi) is 5.65. The van der Waals surface area contributed by atoms with Crippen molar-refractivity contribution >= 4 is 23.2 Å². The summed E-state index contributed by atoms with van der Waals surface area (Å²) >= 11 is 5.94. The van der Waals surface area contributed by atoms with Crippen molar-refractivity contribution in [1.29, 1.82) is 0 Å². The number of rotatable bonds is 5. The van der Waals surface area contributed by atoms with Crippen LogP contribution in [0.4, 0.5) is 5.69 Å². The van der Waals surface area contributed by atoms with Crippen LogP contribution in [0.3, 0.4) is 0 Å². The van der Waals surface area contributed by atoms with Gasteiger partial charge < -0.3 is 15.7 Å². The van der Waals surface area contributed by atoms with Gasteiger partial charge in [-0.3, -0.25) is 4.79 Å². The molecule has 0 bridgehead atoms. The van der Waals surface area contributed by atoms with Gasteiger partial charge in [0.25, 0.3) is 0 Å². The number of nitrogens with zero attached hydrogens (tertiary/aromatic N) is 1. The first-order chi connectivity index (χ1) is 10.8. The molecule has 2 unspecified atom stereocenters. The minimum Gasteiger partial charge on any atom is -0.394 e. The maximum atomic E-state index is 12.2. The summed E-state index contributed by atoms with van der Waals surface area (Å²) in [7, 11) is 0. The molecule has 128 valence electrons. The fourth-order valence-corrected chi connectivity index (χ4v) is 4.16. The van der Waals surface area contributed by atoms with Gasteiger partial charge in [0.2, 0.25) is 5.91 Å². The number of amides is 1. The number of halogens is 1. The lowest BCUT2D eigenvalue weighted by Gasteiger charge is -2.47. The fraction of sp³-hybridized carbons (Fsp3) is 0.647. The molecule has 3 N–H and O–H groups in total. The Morgan fingerprint density at radius 1 is 1.48 bits per heavy atom. The largest absolute Gasteiger partial charge is 0.394 e. The van der Waals surface area contributed by atoms with Crippen molar-refractivity contribution in [2.24, 2.45) is 11.3 Å². The van der Waals surface area contributed by atoms with Gasteiger partial charge in [0.15, 0.2) is 5.15 Å². The zero-order chi connectivity index (χ0) is 17.1. The molecule has 0 radical (unpaired) electrons. The standard InChI is InChI=1S/C17H26ClN3O2/c1-12-7-16(2,3)10-17(8-12,11-22)20-9-14(23)21-13-5-4-6-19-15(13)18/h4-6,12,20,22H,7-11H2,1-3H3,(H,21,23). The van der Waals surface area contributed by atoms with Gasteiger partial charge in [-0.05, 0) is 42.7 Å². The second-order valence-electron chi connectivity index (χ2n) is 7.54. The highest BCUT2D eigenvalue weighted by atomic mass is 35.5. The third-order valence-electron chi connectivity index (χ3n) is 4.42. The molecule has 2 atom stereocenters. The van der Waals surface area contributed by atoms with Crippen LogP contribution >= 0.6 is 11.6 Å². The van der Waals surface area contributed by atoms with Gasteiger partial charge in [0.05, 0.1) is 18.8 Å². The number of aromatic nitrogens is 1. The molecule has 1 fully saturated rings. The van der Waals surface area contributed by atoms with Crippen LogP contribution in [0.25, 0.3) is 0 Å². The first kappa shape index (κ1) is 18.2. The summed E-state index contributed by atoms with van der Waals surface area (Å²) in [6.07, 6.45) is 4.42. The van der Waals surface area contributed by atoms with Crippen LogP contribution in [0, 0.1) is 11.3 Å². The lowest BCUT2D eigenvalue weighted by molar-refractivity contribution is -0.116. The first-order valence-electron chi connectivity index (χ1n) is 8.02. The van der Waals surface area contributed by atoms with E-state index < -0.39 is 5.54 Å². The molecule has 1 aliphatic rings.